The first-order valence-electron chi connectivity index (χ1n) is 15.4. The lowest BCUT2D eigenvalue weighted by Crippen LogP contribution is -2.51. The maximum atomic E-state index is 14.3. The van der Waals surface area contributed by atoms with Crippen molar-refractivity contribution in [1.29, 1.82) is 5.41 Å². The molecule has 0 heterocycles. The van der Waals surface area contributed by atoms with Gasteiger partial charge in [0.15, 0.2) is 0 Å². The Kier molecular flexibility index (Phi) is 11.1. The molecule has 0 aliphatic heterocycles. The van der Waals surface area contributed by atoms with Crippen LogP contribution in [-0.2, 0) is 22.6 Å². The number of benzene rings is 5. The minimum atomic E-state index is -0.901. The third kappa shape index (κ3) is 8.71. The number of hydrogen-bond donors (Lipinski definition) is 2. The molecular formula is C40H37N3O3S. The Hall–Kier alpha value is -5.27. The van der Waals surface area contributed by atoms with Gasteiger partial charge in [0.25, 0.3) is 5.91 Å². The number of hydrogen-bond acceptors (Lipinski definition) is 5. The number of Topliss-reactive ketones (excluding diaryl/α,β-unsaturated/α-hetero) is 1. The molecule has 5 aromatic rings. The molecule has 2 N–H and O–H groups in total. The van der Waals surface area contributed by atoms with Gasteiger partial charge in [-0.25, -0.2) is 0 Å². The Morgan fingerprint density at radius 2 is 1.13 bits per heavy atom. The lowest BCUT2D eigenvalue weighted by Gasteiger charge is -2.31. The summed E-state index contributed by atoms with van der Waals surface area (Å²) in [5, 5.41) is 11.3. The molecule has 0 aromatic heterocycles. The van der Waals surface area contributed by atoms with Crippen LogP contribution in [-0.4, -0.2) is 46.4 Å². The van der Waals surface area contributed by atoms with Crippen molar-refractivity contribution in [2.45, 2.75) is 25.9 Å². The molecule has 0 fully saturated rings. The topological polar surface area (TPSA) is 90.3 Å². The van der Waals surface area contributed by atoms with Gasteiger partial charge in [-0.2, -0.15) is 0 Å². The Morgan fingerprint density at radius 3 is 1.62 bits per heavy atom. The molecule has 0 spiro atoms. The van der Waals surface area contributed by atoms with Crippen LogP contribution in [0.25, 0.3) is 22.3 Å². The van der Waals surface area contributed by atoms with Gasteiger partial charge in [0, 0.05) is 24.1 Å². The zero-order valence-corrected chi connectivity index (χ0v) is 27.3. The van der Waals surface area contributed by atoms with Crippen molar-refractivity contribution in [3.63, 3.8) is 0 Å². The van der Waals surface area contributed by atoms with Crippen LogP contribution in [0.2, 0.25) is 0 Å². The van der Waals surface area contributed by atoms with Crippen molar-refractivity contribution in [3.05, 3.63) is 156 Å². The summed E-state index contributed by atoms with van der Waals surface area (Å²) in [6, 6.07) is 42.1. The largest absolute Gasteiger partial charge is 0.347 e. The van der Waals surface area contributed by atoms with E-state index in [4.69, 9.17) is 5.41 Å². The van der Waals surface area contributed by atoms with Crippen LogP contribution >= 0.6 is 11.8 Å². The number of nitrogens with one attached hydrogen (secondary N) is 2. The van der Waals surface area contributed by atoms with Crippen molar-refractivity contribution >= 4 is 34.4 Å². The first kappa shape index (κ1) is 33.1. The molecular weight excluding hydrogens is 603 g/mol. The van der Waals surface area contributed by atoms with Crippen LogP contribution in [0.4, 0.5) is 0 Å². The van der Waals surface area contributed by atoms with Gasteiger partial charge in [0.2, 0.25) is 5.91 Å². The van der Waals surface area contributed by atoms with Gasteiger partial charge in [-0.1, -0.05) is 121 Å². The molecule has 5 rings (SSSR count). The highest BCUT2D eigenvalue weighted by Gasteiger charge is 2.31. The van der Waals surface area contributed by atoms with E-state index in [2.05, 4.69) is 5.32 Å². The minimum absolute atomic E-state index is 0.123. The lowest BCUT2D eigenvalue weighted by molar-refractivity contribution is -0.128. The van der Waals surface area contributed by atoms with Crippen LogP contribution in [0.15, 0.2) is 133 Å². The maximum Gasteiger partial charge on any atom is 0.254 e. The van der Waals surface area contributed by atoms with E-state index in [-0.39, 0.29) is 31.2 Å². The van der Waals surface area contributed by atoms with Crippen LogP contribution in [0.5, 0.6) is 0 Å². The number of carbonyl (C=O) groups excluding carboxylic acids is 3. The smallest absolute Gasteiger partial charge is 0.254 e. The lowest BCUT2D eigenvalue weighted by atomic mass is 9.98. The summed E-state index contributed by atoms with van der Waals surface area (Å²) in [5.74, 6) is -0.892. The van der Waals surface area contributed by atoms with Gasteiger partial charge in [-0.05, 0) is 58.7 Å². The van der Waals surface area contributed by atoms with E-state index in [9.17, 15) is 14.4 Å². The summed E-state index contributed by atoms with van der Waals surface area (Å²) < 4.78 is 0. The number of carbonyl (C=O) groups is 3. The Bertz CT molecular complexity index is 1820. The average Bonchev–Trinajstić information content (AvgIpc) is 3.12. The molecule has 6 nitrogen and oxygen atoms in total. The third-order valence-corrected chi connectivity index (χ3v) is 8.60. The minimum Gasteiger partial charge on any atom is -0.347 e. The van der Waals surface area contributed by atoms with Gasteiger partial charge in [-0.3, -0.25) is 19.8 Å². The van der Waals surface area contributed by atoms with Crippen molar-refractivity contribution in [2.24, 2.45) is 0 Å². The number of thioether (sulfide) groups is 1. The van der Waals surface area contributed by atoms with E-state index in [1.54, 1.807) is 29.2 Å². The fraction of sp³-hybridized carbons (Fsp3) is 0.150. The van der Waals surface area contributed by atoms with E-state index in [0.717, 1.165) is 33.4 Å². The monoisotopic (exact) mass is 639 g/mol. The first-order valence-corrected chi connectivity index (χ1v) is 16.6. The quantitative estimate of drug-likeness (QED) is 0.108. The molecule has 0 saturated heterocycles. The number of ketones is 1. The van der Waals surface area contributed by atoms with E-state index < -0.39 is 11.9 Å². The molecule has 1 atom stereocenters. The summed E-state index contributed by atoms with van der Waals surface area (Å²) in [4.78, 5) is 41.6. The Labute approximate surface area is 280 Å². The summed E-state index contributed by atoms with van der Waals surface area (Å²) >= 11 is 1.32. The van der Waals surface area contributed by atoms with Crippen molar-refractivity contribution in [3.8, 4) is 22.3 Å². The summed E-state index contributed by atoms with van der Waals surface area (Å²) in [6.07, 6.45) is 2.09. The standard InChI is InChI=1S/C40H37N3O3S/c1-28(44)26-42-39(45)37(25-29-13-17-33(18-14-29)31-9-5-3-6-10-31)43(40(46)36-23-21-35(22-24-36)38(41)47-2)27-30-15-19-34(20-16-30)32-11-7-4-8-12-32/h3-24,37,41H,25-27H2,1-2H3,(H,42,45). The summed E-state index contributed by atoms with van der Waals surface area (Å²) in [7, 11) is 0. The Balaban J connectivity index is 1.50. The average molecular weight is 640 g/mol. The predicted octanol–water partition coefficient (Wildman–Crippen LogP) is 7.67. The van der Waals surface area contributed by atoms with Crippen molar-refractivity contribution < 1.29 is 14.4 Å². The number of nitrogens with zero attached hydrogens (tertiary/aromatic N) is 1. The summed E-state index contributed by atoms with van der Waals surface area (Å²) in [5.41, 5.74) is 7.14. The molecule has 0 aliphatic rings. The zero-order chi connectivity index (χ0) is 33.2. The molecule has 1 unspecified atom stereocenters. The van der Waals surface area contributed by atoms with Gasteiger partial charge < -0.3 is 10.2 Å². The second-order valence-electron chi connectivity index (χ2n) is 11.3. The molecule has 5 aromatic carbocycles. The van der Waals surface area contributed by atoms with Crippen LogP contribution < -0.4 is 5.32 Å². The fourth-order valence-corrected chi connectivity index (χ4v) is 5.73. The number of amides is 2. The maximum absolute atomic E-state index is 14.3. The second-order valence-corrected chi connectivity index (χ2v) is 12.1. The van der Waals surface area contributed by atoms with E-state index in [0.29, 0.717) is 16.2 Å². The molecule has 0 saturated carbocycles. The van der Waals surface area contributed by atoms with Crippen LogP contribution in [0.3, 0.4) is 0 Å². The van der Waals surface area contributed by atoms with E-state index >= 15 is 0 Å². The van der Waals surface area contributed by atoms with Gasteiger partial charge >= 0.3 is 0 Å². The SMILES string of the molecule is CSC(=N)c1ccc(C(=O)N(Cc2ccc(-c3ccccc3)cc2)C(Cc2ccc(-c3ccccc3)cc2)C(=O)NCC(C)=O)cc1. The molecule has 0 aliphatic carbocycles. The van der Waals surface area contributed by atoms with E-state index in [1.807, 2.05) is 115 Å². The molecule has 0 bridgehead atoms. The molecule has 47 heavy (non-hydrogen) atoms. The van der Waals surface area contributed by atoms with Crippen molar-refractivity contribution in [2.75, 3.05) is 12.8 Å². The molecule has 2 amide bonds. The fourth-order valence-electron chi connectivity index (χ4n) is 5.36. The van der Waals surface area contributed by atoms with Crippen LogP contribution in [0.1, 0.15) is 34.0 Å². The highest BCUT2D eigenvalue weighted by Crippen LogP contribution is 2.24. The normalized spacial score (nSPS) is 11.4. The first-order chi connectivity index (χ1) is 22.8. The third-order valence-electron chi connectivity index (χ3n) is 7.95. The van der Waals surface area contributed by atoms with Crippen molar-refractivity contribution in [1.82, 2.24) is 10.2 Å². The number of rotatable bonds is 12. The zero-order valence-electron chi connectivity index (χ0n) is 26.5. The van der Waals surface area contributed by atoms with E-state index in [1.165, 1.54) is 18.7 Å². The highest BCUT2D eigenvalue weighted by atomic mass is 32.2. The Morgan fingerprint density at radius 1 is 0.660 bits per heavy atom. The molecule has 236 valence electrons. The van der Waals surface area contributed by atoms with Gasteiger partial charge in [0.1, 0.15) is 11.8 Å². The van der Waals surface area contributed by atoms with Gasteiger partial charge in [0.05, 0.1) is 11.6 Å². The van der Waals surface area contributed by atoms with Crippen LogP contribution in [0, 0.1) is 5.41 Å². The second kappa shape index (κ2) is 15.8. The predicted molar refractivity (Wildman–Crippen MR) is 192 cm³/mol. The molecule has 7 heteroatoms. The highest BCUT2D eigenvalue weighted by molar-refractivity contribution is 8.13. The molecule has 0 radical (unpaired) electrons. The summed E-state index contributed by atoms with van der Waals surface area (Å²) in [6.45, 7) is 1.47. The van der Waals surface area contributed by atoms with Gasteiger partial charge in [-0.15, -0.1) is 11.8 Å².